The number of hydrogen-bond acceptors (Lipinski definition) is 4. The van der Waals surface area contributed by atoms with Gasteiger partial charge in [0.05, 0.1) is 12.7 Å². The Morgan fingerprint density at radius 1 is 1.35 bits per heavy atom. The number of ether oxygens (including phenoxy) is 1. The van der Waals surface area contributed by atoms with Crippen molar-refractivity contribution in [3.63, 3.8) is 0 Å². The molecule has 0 saturated heterocycles. The number of anilines is 1. The Bertz CT molecular complexity index is 667. The van der Waals surface area contributed by atoms with Gasteiger partial charge in [-0.15, -0.1) is 0 Å². The standard InChI is InChI=1S/C12H8BrCl2N3O2/c1-20-6-2-3-8(13)7(4-6)12(19)18-11-9(14)10(15)16-5-17-11/h2-5H,1H3,(H,16,17,18,19). The van der Waals surface area contributed by atoms with E-state index in [1.165, 1.54) is 13.4 Å². The number of hydrogen-bond donors (Lipinski definition) is 1. The molecule has 104 valence electrons. The van der Waals surface area contributed by atoms with Gasteiger partial charge in [-0.3, -0.25) is 4.79 Å². The zero-order valence-electron chi connectivity index (χ0n) is 10.2. The van der Waals surface area contributed by atoms with Gasteiger partial charge in [0.15, 0.2) is 11.0 Å². The highest BCUT2D eigenvalue weighted by Crippen LogP contribution is 2.27. The molecule has 0 unspecified atom stereocenters. The van der Waals surface area contributed by atoms with Crippen molar-refractivity contribution in [2.24, 2.45) is 0 Å². The van der Waals surface area contributed by atoms with Crippen molar-refractivity contribution >= 4 is 50.9 Å². The first-order valence-electron chi connectivity index (χ1n) is 5.34. The molecule has 0 radical (unpaired) electrons. The summed E-state index contributed by atoms with van der Waals surface area (Å²) in [6.07, 6.45) is 1.21. The topological polar surface area (TPSA) is 64.1 Å². The first-order chi connectivity index (χ1) is 9.52. The van der Waals surface area contributed by atoms with Gasteiger partial charge in [0.2, 0.25) is 0 Å². The van der Waals surface area contributed by atoms with E-state index >= 15 is 0 Å². The highest BCUT2D eigenvalue weighted by atomic mass is 79.9. The van der Waals surface area contributed by atoms with Crippen LogP contribution in [-0.4, -0.2) is 23.0 Å². The second kappa shape index (κ2) is 6.39. The molecular weight excluding hydrogens is 369 g/mol. The first-order valence-corrected chi connectivity index (χ1v) is 6.88. The summed E-state index contributed by atoms with van der Waals surface area (Å²) in [5.74, 6) is 0.309. The minimum Gasteiger partial charge on any atom is -0.497 e. The third kappa shape index (κ3) is 3.20. The molecule has 0 aliphatic heterocycles. The molecule has 1 aromatic heterocycles. The Labute approximate surface area is 133 Å². The second-order valence-electron chi connectivity index (χ2n) is 3.63. The summed E-state index contributed by atoms with van der Waals surface area (Å²) in [4.78, 5) is 19.8. The van der Waals surface area contributed by atoms with Gasteiger partial charge < -0.3 is 10.1 Å². The van der Waals surface area contributed by atoms with Gasteiger partial charge in [-0.05, 0) is 34.1 Å². The van der Waals surface area contributed by atoms with Crippen molar-refractivity contribution in [3.05, 3.63) is 44.7 Å². The number of amides is 1. The highest BCUT2D eigenvalue weighted by molar-refractivity contribution is 9.10. The quantitative estimate of drug-likeness (QED) is 0.827. The predicted molar refractivity (Wildman–Crippen MR) is 80.7 cm³/mol. The molecule has 0 spiro atoms. The molecule has 20 heavy (non-hydrogen) atoms. The van der Waals surface area contributed by atoms with Crippen LogP contribution in [0.3, 0.4) is 0 Å². The van der Waals surface area contributed by atoms with Crippen molar-refractivity contribution in [2.75, 3.05) is 12.4 Å². The van der Waals surface area contributed by atoms with Crippen LogP contribution in [0.1, 0.15) is 10.4 Å². The Morgan fingerprint density at radius 2 is 2.10 bits per heavy atom. The maximum absolute atomic E-state index is 12.2. The molecule has 1 amide bonds. The maximum Gasteiger partial charge on any atom is 0.258 e. The molecule has 1 aromatic carbocycles. The monoisotopic (exact) mass is 375 g/mol. The van der Waals surface area contributed by atoms with E-state index in [-0.39, 0.29) is 16.0 Å². The minimum atomic E-state index is -0.396. The van der Waals surface area contributed by atoms with Crippen LogP contribution in [0.2, 0.25) is 10.2 Å². The maximum atomic E-state index is 12.2. The van der Waals surface area contributed by atoms with Crippen LogP contribution in [0.15, 0.2) is 29.0 Å². The molecule has 0 bridgehead atoms. The fraction of sp³-hybridized carbons (Fsp3) is 0.0833. The molecule has 0 saturated carbocycles. The van der Waals surface area contributed by atoms with Crippen molar-refractivity contribution in [1.82, 2.24) is 9.97 Å². The van der Waals surface area contributed by atoms with Gasteiger partial charge >= 0.3 is 0 Å². The van der Waals surface area contributed by atoms with Crippen LogP contribution in [0, 0.1) is 0 Å². The molecule has 5 nitrogen and oxygen atoms in total. The Hall–Kier alpha value is -1.37. The molecule has 0 aliphatic carbocycles. The van der Waals surface area contributed by atoms with Crippen LogP contribution < -0.4 is 10.1 Å². The van der Waals surface area contributed by atoms with Gasteiger partial charge in [-0.2, -0.15) is 0 Å². The van der Waals surface area contributed by atoms with Gasteiger partial charge in [0.1, 0.15) is 17.1 Å². The highest BCUT2D eigenvalue weighted by Gasteiger charge is 2.15. The van der Waals surface area contributed by atoms with E-state index in [0.717, 1.165) is 0 Å². The second-order valence-corrected chi connectivity index (χ2v) is 5.22. The number of nitrogens with one attached hydrogen (secondary N) is 1. The third-order valence-corrected chi connectivity index (χ3v) is 3.83. The molecule has 2 rings (SSSR count). The lowest BCUT2D eigenvalue weighted by Crippen LogP contribution is -2.14. The molecule has 8 heteroatoms. The summed E-state index contributed by atoms with van der Waals surface area (Å²) in [6.45, 7) is 0. The van der Waals surface area contributed by atoms with Crippen molar-refractivity contribution in [3.8, 4) is 5.75 Å². The molecule has 0 atom stereocenters. The lowest BCUT2D eigenvalue weighted by atomic mass is 10.2. The number of methoxy groups -OCH3 is 1. The van der Waals surface area contributed by atoms with E-state index in [2.05, 4.69) is 31.2 Å². The first kappa shape index (κ1) is 15.0. The van der Waals surface area contributed by atoms with Crippen LogP contribution in [0.25, 0.3) is 0 Å². The number of carbonyl (C=O) groups is 1. The van der Waals surface area contributed by atoms with E-state index in [1.54, 1.807) is 18.2 Å². The number of rotatable bonds is 3. The minimum absolute atomic E-state index is 0.0710. The normalized spacial score (nSPS) is 10.2. The molecular formula is C12H8BrCl2N3O2. The zero-order valence-corrected chi connectivity index (χ0v) is 13.3. The van der Waals surface area contributed by atoms with E-state index in [9.17, 15) is 4.79 Å². The Kier molecular flexibility index (Phi) is 4.80. The lowest BCUT2D eigenvalue weighted by molar-refractivity contribution is 0.102. The molecule has 0 aliphatic rings. The van der Waals surface area contributed by atoms with Crippen molar-refractivity contribution in [2.45, 2.75) is 0 Å². The summed E-state index contributed by atoms with van der Waals surface area (Å²) in [7, 11) is 1.52. The van der Waals surface area contributed by atoms with Crippen molar-refractivity contribution < 1.29 is 9.53 Å². The van der Waals surface area contributed by atoms with Crippen LogP contribution in [0.5, 0.6) is 5.75 Å². The van der Waals surface area contributed by atoms with Gasteiger partial charge in [0, 0.05) is 4.47 Å². The fourth-order valence-corrected chi connectivity index (χ4v) is 2.12. The largest absolute Gasteiger partial charge is 0.497 e. The predicted octanol–water partition coefficient (Wildman–Crippen LogP) is 3.81. The Balaban J connectivity index is 2.30. The Morgan fingerprint density at radius 3 is 2.80 bits per heavy atom. The van der Waals surface area contributed by atoms with E-state index in [0.29, 0.717) is 15.8 Å². The third-order valence-electron chi connectivity index (χ3n) is 2.40. The summed E-state index contributed by atoms with van der Waals surface area (Å²) in [5, 5.41) is 2.72. The smallest absolute Gasteiger partial charge is 0.258 e. The van der Waals surface area contributed by atoms with E-state index in [4.69, 9.17) is 27.9 Å². The zero-order chi connectivity index (χ0) is 14.7. The number of carbonyl (C=O) groups excluding carboxylic acids is 1. The van der Waals surface area contributed by atoms with Gasteiger partial charge in [0.25, 0.3) is 5.91 Å². The van der Waals surface area contributed by atoms with E-state index in [1.807, 2.05) is 0 Å². The van der Waals surface area contributed by atoms with Gasteiger partial charge in [-0.25, -0.2) is 9.97 Å². The molecule has 1 heterocycles. The fourth-order valence-electron chi connectivity index (χ4n) is 1.42. The van der Waals surface area contributed by atoms with Crippen LogP contribution in [-0.2, 0) is 0 Å². The number of aromatic nitrogens is 2. The SMILES string of the molecule is COc1ccc(Br)c(C(=O)Nc2ncnc(Cl)c2Cl)c1. The average molecular weight is 377 g/mol. The van der Waals surface area contributed by atoms with E-state index < -0.39 is 5.91 Å². The van der Waals surface area contributed by atoms with Gasteiger partial charge in [-0.1, -0.05) is 23.2 Å². The summed E-state index contributed by atoms with van der Waals surface area (Å²) >= 11 is 15.0. The number of nitrogens with zero attached hydrogens (tertiary/aromatic N) is 2. The molecule has 1 N–H and O–H groups in total. The molecule has 0 fully saturated rings. The van der Waals surface area contributed by atoms with Crippen LogP contribution >= 0.6 is 39.1 Å². The summed E-state index contributed by atoms with van der Waals surface area (Å²) in [5.41, 5.74) is 0.384. The molecule has 2 aromatic rings. The lowest BCUT2D eigenvalue weighted by Gasteiger charge is -2.09. The summed E-state index contributed by atoms with van der Waals surface area (Å²) in [6, 6.07) is 5.04. The summed E-state index contributed by atoms with van der Waals surface area (Å²) < 4.78 is 5.70. The average Bonchev–Trinajstić information content (AvgIpc) is 2.44. The number of halogens is 3. The van der Waals surface area contributed by atoms with Crippen LogP contribution in [0.4, 0.5) is 5.82 Å². The number of benzene rings is 1. The van der Waals surface area contributed by atoms with Crippen molar-refractivity contribution in [1.29, 1.82) is 0 Å².